The van der Waals surface area contributed by atoms with Crippen LogP contribution in [0.25, 0.3) is 0 Å². The molecule has 1 aliphatic heterocycles. The Morgan fingerprint density at radius 1 is 1.28 bits per heavy atom. The molecule has 1 fully saturated rings. The lowest BCUT2D eigenvalue weighted by Crippen LogP contribution is -2.41. The molecule has 0 unspecified atom stereocenters. The molecule has 0 bridgehead atoms. The van der Waals surface area contributed by atoms with Crippen LogP contribution in [0, 0.1) is 0 Å². The van der Waals surface area contributed by atoms with Crippen LogP contribution in [0.1, 0.15) is 34.6 Å². The lowest BCUT2D eigenvalue weighted by Gasteiger charge is -2.32. The van der Waals surface area contributed by atoms with Crippen molar-refractivity contribution in [2.75, 3.05) is 6.61 Å². The number of ether oxygens (including phenoxy) is 1. The maximum absolute atomic E-state index is 5.99. The molecule has 4 nitrogen and oxygen atoms in total. The summed E-state index contributed by atoms with van der Waals surface area (Å²) in [5.41, 5.74) is -0.681. The molecule has 1 aromatic heterocycles. The molecule has 0 amide bonds. The number of hydrogen-bond donors (Lipinski definition) is 0. The Hall–Kier alpha value is -0.105. The minimum absolute atomic E-state index is 0.340. The molecule has 2 heterocycles. The Bertz CT molecular complexity index is 433. The van der Waals surface area contributed by atoms with Crippen molar-refractivity contribution in [2.45, 2.75) is 45.8 Å². The SMILES string of the molecule is CCOc1nc(Br)c(B2OC(C)(C)C(C)(C)O2)s1. The number of halogens is 1. The molecule has 7 heteroatoms. The van der Waals surface area contributed by atoms with Gasteiger partial charge in [0.2, 0.25) is 0 Å². The van der Waals surface area contributed by atoms with Crippen LogP contribution in [-0.2, 0) is 9.31 Å². The van der Waals surface area contributed by atoms with E-state index < -0.39 is 7.12 Å². The van der Waals surface area contributed by atoms with Crippen molar-refractivity contribution in [1.82, 2.24) is 4.98 Å². The Morgan fingerprint density at radius 2 is 1.83 bits per heavy atom. The third-order valence-corrected chi connectivity index (χ3v) is 5.18. The standard InChI is InChI=1S/C11H17BBrNO3S/c1-6-15-9-14-8(13)7(18-9)12-16-10(2,3)11(4,5)17-12/h6H2,1-5H3. The summed E-state index contributed by atoms with van der Waals surface area (Å²) >= 11 is 4.88. The first-order valence-corrected chi connectivity index (χ1v) is 7.52. The molecule has 1 saturated heterocycles. The maximum atomic E-state index is 5.99. The second-order valence-electron chi connectivity index (χ2n) is 5.16. The van der Waals surface area contributed by atoms with Gasteiger partial charge in [-0.1, -0.05) is 11.3 Å². The minimum atomic E-state index is -0.393. The van der Waals surface area contributed by atoms with Crippen molar-refractivity contribution < 1.29 is 14.0 Å². The van der Waals surface area contributed by atoms with Gasteiger partial charge in [-0.05, 0) is 50.5 Å². The Kier molecular flexibility index (Phi) is 3.80. The highest BCUT2D eigenvalue weighted by Gasteiger charge is 2.53. The molecular weight excluding hydrogens is 317 g/mol. The van der Waals surface area contributed by atoms with Gasteiger partial charge in [-0.3, -0.25) is 0 Å². The number of hydrogen-bond acceptors (Lipinski definition) is 5. The molecule has 0 spiro atoms. The largest absolute Gasteiger partial charge is 0.508 e. The van der Waals surface area contributed by atoms with E-state index in [0.717, 1.165) is 9.38 Å². The van der Waals surface area contributed by atoms with Gasteiger partial charge in [0.05, 0.1) is 22.6 Å². The fraction of sp³-hybridized carbons (Fsp3) is 0.727. The average Bonchev–Trinajstić information content (AvgIpc) is 2.66. The van der Waals surface area contributed by atoms with Crippen molar-refractivity contribution >= 4 is 39.2 Å². The summed E-state index contributed by atoms with van der Waals surface area (Å²) in [6.07, 6.45) is 0. The molecular formula is C11H17BBrNO3S. The van der Waals surface area contributed by atoms with E-state index in [0.29, 0.717) is 11.8 Å². The van der Waals surface area contributed by atoms with Crippen molar-refractivity contribution in [3.05, 3.63) is 4.60 Å². The molecule has 2 rings (SSSR count). The second kappa shape index (κ2) is 4.78. The number of thiazole rings is 1. The van der Waals surface area contributed by atoms with Crippen LogP contribution in [0.5, 0.6) is 5.19 Å². The second-order valence-corrected chi connectivity index (χ2v) is 6.90. The normalized spacial score (nSPS) is 21.3. The van der Waals surface area contributed by atoms with Crippen molar-refractivity contribution in [3.63, 3.8) is 0 Å². The Labute approximate surface area is 120 Å². The highest BCUT2D eigenvalue weighted by atomic mass is 79.9. The number of rotatable bonds is 3. The van der Waals surface area contributed by atoms with E-state index >= 15 is 0 Å². The van der Waals surface area contributed by atoms with Gasteiger partial charge in [-0.15, -0.1) is 0 Å². The molecule has 0 saturated carbocycles. The number of nitrogens with zero attached hydrogens (tertiary/aromatic N) is 1. The summed E-state index contributed by atoms with van der Waals surface area (Å²) in [6.45, 7) is 10.7. The molecule has 0 atom stereocenters. The van der Waals surface area contributed by atoms with Gasteiger partial charge in [-0.2, -0.15) is 4.98 Å². The number of aromatic nitrogens is 1. The van der Waals surface area contributed by atoms with Gasteiger partial charge in [0.1, 0.15) is 4.60 Å². The van der Waals surface area contributed by atoms with Crippen molar-refractivity contribution in [2.24, 2.45) is 0 Å². The summed E-state index contributed by atoms with van der Waals surface area (Å²) in [5.74, 6) is 0. The van der Waals surface area contributed by atoms with Crippen LogP contribution in [0.15, 0.2) is 4.60 Å². The average molecular weight is 334 g/mol. The van der Waals surface area contributed by atoms with Crippen LogP contribution in [0.3, 0.4) is 0 Å². The predicted octanol–water partition coefficient (Wildman–Crippen LogP) is 2.60. The van der Waals surface area contributed by atoms with E-state index in [2.05, 4.69) is 20.9 Å². The smallest absolute Gasteiger partial charge is 0.470 e. The first-order valence-electron chi connectivity index (χ1n) is 5.91. The molecule has 1 aromatic rings. The van der Waals surface area contributed by atoms with Gasteiger partial charge < -0.3 is 14.0 Å². The first kappa shape index (κ1) is 14.3. The summed E-state index contributed by atoms with van der Waals surface area (Å²) in [4.78, 5) is 4.29. The van der Waals surface area contributed by atoms with Crippen molar-refractivity contribution in [1.29, 1.82) is 0 Å². The molecule has 0 aromatic carbocycles. The van der Waals surface area contributed by atoms with Gasteiger partial charge in [0.15, 0.2) is 0 Å². The van der Waals surface area contributed by atoms with E-state index in [9.17, 15) is 0 Å². The Morgan fingerprint density at radius 3 is 2.33 bits per heavy atom. The first-order chi connectivity index (χ1) is 8.27. The predicted molar refractivity (Wildman–Crippen MR) is 76.7 cm³/mol. The van der Waals surface area contributed by atoms with Crippen molar-refractivity contribution in [3.8, 4) is 5.19 Å². The van der Waals surface area contributed by atoms with Crippen LogP contribution >= 0.6 is 27.3 Å². The molecule has 100 valence electrons. The van der Waals surface area contributed by atoms with Gasteiger partial charge in [0, 0.05) is 0 Å². The van der Waals surface area contributed by atoms with E-state index in [-0.39, 0.29) is 11.2 Å². The highest BCUT2D eigenvalue weighted by Crippen LogP contribution is 2.38. The topological polar surface area (TPSA) is 40.6 Å². The van der Waals surface area contributed by atoms with Gasteiger partial charge in [0.25, 0.3) is 5.19 Å². The molecule has 0 N–H and O–H groups in total. The summed E-state index contributed by atoms with van der Waals surface area (Å²) in [7, 11) is -0.393. The minimum Gasteiger partial charge on any atom is -0.470 e. The van der Waals surface area contributed by atoms with E-state index in [1.54, 1.807) is 0 Å². The van der Waals surface area contributed by atoms with E-state index in [1.165, 1.54) is 11.3 Å². The molecule has 18 heavy (non-hydrogen) atoms. The van der Waals surface area contributed by atoms with Crippen LogP contribution in [0.4, 0.5) is 0 Å². The maximum Gasteiger partial charge on any atom is 0.508 e. The zero-order chi connectivity index (χ0) is 13.6. The summed E-state index contributed by atoms with van der Waals surface area (Å²) in [6, 6.07) is 0. The molecule has 0 aliphatic carbocycles. The third-order valence-electron chi connectivity index (χ3n) is 3.33. The fourth-order valence-electron chi connectivity index (χ4n) is 1.57. The van der Waals surface area contributed by atoms with Gasteiger partial charge >= 0.3 is 7.12 Å². The van der Waals surface area contributed by atoms with E-state index in [1.807, 2.05) is 34.6 Å². The third kappa shape index (κ3) is 2.46. The fourth-order valence-corrected chi connectivity index (χ4v) is 3.11. The quantitative estimate of drug-likeness (QED) is 0.797. The summed E-state index contributed by atoms with van der Waals surface area (Å²) in [5, 5.41) is 0.633. The molecule has 0 radical (unpaired) electrons. The lowest BCUT2D eigenvalue weighted by molar-refractivity contribution is 0.00578. The van der Waals surface area contributed by atoms with Crippen LogP contribution in [0.2, 0.25) is 0 Å². The zero-order valence-electron chi connectivity index (χ0n) is 11.2. The van der Waals surface area contributed by atoms with Crippen LogP contribution in [-0.4, -0.2) is 29.9 Å². The monoisotopic (exact) mass is 333 g/mol. The summed E-state index contributed by atoms with van der Waals surface area (Å²) < 4.78 is 19.0. The Balaban J connectivity index is 2.24. The zero-order valence-corrected chi connectivity index (χ0v) is 13.6. The highest BCUT2D eigenvalue weighted by molar-refractivity contribution is 9.10. The van der Waals surface area contributed by atoms with Crippen LogP contribution < -0.4 is 9.51 Å². The molecule has 1 aliphatic rings. The van der Waals surface area contributed by atoms with E-state index in [4.69, 9.17) is 14.0 Å². The lowest BCUT2D eigenvalue weighted by atomic mass is 9.89. The van der Waals surface area contributed by atoms with Gasteiger partial charge in [-0.25, -0.2) is 0 Å².